The third-order valence-corrected chi connectivity index (χ3v) is 4.51. The lowest BCUT2D eigenvalue weighted by molar-refractivity contribution is 0.0690. The third kappa shape index (κ3) is 3.79. The van der Waals surface area contributed by atoms with Crippen LogP contribution < -0.4 is 4.90 Å². The fraction of sp³-hybridized carbons (Fsp3) is 0.357. The average molecular weight is 370 g/mol. The first-order chi connectivity index (χ1) is 9.88. The zero-order valence-corrected chi connectivity index (χ0v) is 14.4. The van der Waals surface area contributed by atoms with Crippen molar-refractivity contribution in [2.75, 3.05) is 11.9 Å². The molecule has 0 atom stereocenters. The molecular formula is C14H16BrN3O2S. The van der Waals surface area contributed by atoms with Gasteiger partial charge < -0.3 is 10.0 Å². The highest BCUT2D eigenvalue weighted by molar-refractivity contribution is 9.11. The molecule has 0 unspecified atom stereocenters. The van der Waals surface area contributed by atoms with E-state index in [-0.39, 0.29) is 11.6 Å². The minimum Gasteiger partial charge on any atom is -0.476 e. The molecule has 0 aliphatic carbocycles. The van der Waals surface area contributed by atoms with E-state index in [9.17, 15) is 9.90 Å². The molecule has 0 bridgehead atoms. The number of aromatic carboxylic acids is 1. The summed E-state index contributed by atoms with van der Waals surface area (Å²) in [4.78, 5) is 21.7. The Hall–Kier alpha value is -1.47. The first kappa shape index (κ1) is 15.9. The van der Waals surface area contributed by atoms with E-state index in [0.29, 0.717) is 18.1 Å². The number of carbonyl (C=O) groups is 1. The molecule has 0 saturated heterocycles. The van der Waals surface area contributed by atoms with Gasteiger partial charge in [0.2, 0.25) is 0 Å². The molecule has 1 N–H and O–H groups in total. The molecule has 21 heavy (non-hydrogen) atoms. The summed E-state index contributed by atoms with van der Waals surface area (Å²) in [5.41, 5.74) is 1.68. The Balaban J connectivity index is 2.31. The molecular weight excluding hydrogens is 354 g/mol. The van der Waals surface area contributed by atoms with Crippen LogP contribution in [0.15, 0.2) is 21.4 Å². The number of anilines is 1. The summed E-state index contributed by atoms with van der Waals surface area (Å²) in [5, 5.41) is 11.4. The van der Waals surface area contributed by atoms with E-state index in [1.165, 1.54) is 0 Å². The number of hydrogen-bond acceptors (Lipinski definition) is 5. The monoisotopic (exact) mass is 369 g/mol. The van der Waals surface area contributed by atoms with Crippen LogP contribution >= 0.6 is 27.3 Å². The quantitative estimate of drug-likeness (QED) is 0.868. The average Bonchev–Trinajstić information content (AvgIpc) is 2.83. The molecule has 0 aliphatic rings. The number of carboxylic acids is 1. The number of rotatable bonds is 5. The molecule has 2 aromatic rings. The SMILES string of the molecule is CC(C)c1ncc(N(C)Cc2csc(Br)c2)c(C(=O)O)n1. The van der Waals surface area contributed by atoms with Gasteiger partial charge in [0.15, 0.2) is 5.69 Å². The Labute approximate surface area is 135 Å². The van der Waals surface area contributed by atoms with Crippen LogP contribution in [0.4, 0.5) is 5.69 Å². The molecule has 0 fully saturated rings. The fourth-order valence-corrected chi connectivity index (χ4v) is 3.09. The van der Waals surface area contributed by atoms with Crippen molar-refractivity contribution in [3.63, 3.8) is 0 Å². The van der Waals surface area contributed by atoms with Crippen LogP contribution in [0.25, 0.3) is 0 Å². The molecule has 0 saturated carbocycles. The minimum absolute atomic E-state index is 0.0468. The van der Waals surface area contributed by atoms with Crippen molar-refractivity contribution < 1.29 is 9.90 Å². The summed E-state index contributed by atoms with van der Waals surface area (Å²) in [6, 6.07) is 2.02. The zero-order chi connectivity index (χ0) is 15.6. The normalized spacial score (nSPS) is 10.9. The van der Waals surface area contributed by atoms with Gasteiger partial charge in [0.1, 0.15) is 5.82 Å². The van der Waals surface area contributed by atoms with Crippen molar-refractivity contribution in [1.29, 1.82) is 0 Å². The number of thiophene rings is 1. The Morgan fingerprint density at radius 1 is 1.52 bits per heavy atom. The van der Waals surface area contributed by atoms with Crippen LogP contribution in [-0.4, -0.2) is 28.1 Å². The van der Waals surface area contributed by atoms with Crippen molar-refractivity contribution in [2.24, 2.45) is 0 Å². The standard InChI is InChI=1S/C14H16BrN3O2S/c1-8(2)13-16-5-10(12(17-13)14(19)20)18(3)6-9-4-11(15)21-7-9/h4-5,7-8H,6H2,1-3H3,(H,19,20). The van der Waals surface area contributed by atoms with Gasteiger partial charge in [-0.3, -0.25) is 0 Å². The molecule has 0 aromatic carbocycles. The summed E-state index contributed by atoms with van der Waals surface area (Å²) in [7, 11) is 1.84. The maximum Gasteiger partial charge on any atom is 0.356 e. The summed E-state index contributed by atoms with van der Waals surface area (Å²) >= 11 is 5.02. The Morgan fingerprint density at radius 3 is 2.76 bits per heavy atom. The summed E-state index contributed by atoms with van der Waals surface area (Å²) in [5.74, 6) is -0.397. The van der Waals surface area contributed by atoms with Gasteiger partial charge in [-0.05, 0) is 32.9 Å². The topological polar surface area (TPSA) is 66.3 Å². The van der Waals surface area contributed by atoms with Gasteiger partial charge in [-0.25, -0.2) is 14.8 Å². The molecule has 2 rings (SSSR count). The lowest BCUT2D eigenvalue weighted by atomic mass is 10.2. The van der Waals surface area contributed by atoms with Crippen molar-refractivity contribution in [3.05, 3.63) is 38.5 Å². The summed E-state index contributed by atoms with van der Waals surface area (Å²) in [6.45, 7) is 4.48. The van der Waals surface area contributed by atoms with E-state index in [0.717, 1.165) is 9.35 Å². The smallest absolute Gasteiger partial charge is 0.356 e. The van der Waals surface area contributed by atoms with Gasteiger partial charge in [-0.15, -0.1) is 11.3 Å². The van der Waals surface area contributed by atoms with Crippen LogP contribution in [-0.2, 0) is 6.54 Å². The molecule has 2 aromatic heterocycles. The lowest BCUT2D eigenvalue weighted by Gasteiger charge is -2.20. The first-order valence-corrected chi connectivity index (χ1v) is 8.10. The van der Waals surface area contributed by atoms with Crippen molar-refractivity contribution in [3.8, 4) is 0 Å². The van der Waals surface area contributed by atoms with E-state index in [2.05, 4.69) is 25.9 Å². The second-order valence-corrected chi connectivity index (χ2v) is 7.33. The highest BCUT2D eigenvalue weighted by Crippen LogP contribution is 2.25. The molecule has 2 heterocycles. The number of hydrogen-bond donors (Lipinski definition) is 1. The molecule has 0 amide bonds. The van der Waals surface area contributed by atoms with Gasteiger partial charge in [0.25, 0.3) is 0 Å². The Kier molecular flexibility index (Phi) is 4.95. The molecule has 0 spiro atoms. The molecule has 0 aliphatic heterocycles. The Bertz CT molecular complexity index is 657. The minimum atomic E-state index is -1.03. The predicted molar refractivity (Wildman–Crippen MR) is 87.2 cm³/mol. The first-order valence-electron chi connectivity index (χ1n) is 6.42. The van der Waals surface area contributed by atoms with Gasteiger partial charge in [-0.2, -0.15) is 0 Å². The second-order valence-electron chi connectivity index (χ2n) is 5.04. The van der Waals surface area contributed by atoms with Crippen molar-refractivity contribution >= 4 is 38.9 Å². The van der Waals surface area contributed by atoms with Gasteiger partial charge in [0.05, 0.1) is 15.7 Å². The second kappa shape index (κ2) is 6.53. The van der Waals surface area contributed by atoms with Crippen LogP contribution in [0, 0.1) is 0 Å². The lowest BCUT2D eigenvalue weighted by Crippen LogP contribution is -2.21. The van der Waals surface area contributed by atoms with Crippen LogP contribution in [0.3, 0.4) is 0 Å². The van der Waals surface area contributed by atoms with E-state index in [4.69, 9.17) is 0 Å². The van der Waals surface area contributed by atoms with E-state index >= 15 is 0 Å². The van der Waals surface area contributed by atoms with Crippen molar-refractivity contribution in [1.82, 2.24) is 9.97 Å². The molecule has 5 nitrogen and oxygen atoms in total. The Morgan fingerprint density at radius 2 is 2.24 bits per heavy atom. The maximum atomic E-state index is 11.4. The summed E-state index contributed by atoms with van der Waals surface area (Å²) in [6.07, 6.45) is 1.59. The highest BCUT2D eigenvalue weighted by Gasteiger charge is 2.18. The van der Waals surface area contributed by atoms with Crippen LogP contribution in [0.2, 0.25) is 0 Å². The van der Waals surface area contributed by atoms with Gasteiger partial charge >= 0.3 is 5.97 Å². The number of aromatic nitrogens is 2. The van der Waals surface area contributed by atoms with E-state index in [1.54, 1.807) is 17.5 Å². The molecule has 7 heteroatoms. The predicted octanol–water partition coefficient (Wildman–Crippen LogP) is 3.76. The molecule has 112 valence electrons. The van der Waals surface area contributed by atoms with E-state index < -0.39 is 5.97 Å². The maximum absolute atomic E-state index is 11.4. The fourth-order valence-electron chi connectivity index (χ4n) is 1.89. The van der Waals surface area contributed by atoms with E-state index in [1.807, 2.05) is 37.2 Å². The third-order valence-electron chi connectivity index (χ3n) is 2.96. The van der Waals surface area contributed by atoms with Gasteiger partial charge in [-0.1, -0.05) is 13.8 Å². The number of halogens is 1. The largest absolute Gasteiger partial charge is 0.476 e. The summed E-state index contributed by atoms with van der Waals surface area (Å²) < 4.78 is 1.05. The number of nitrogens with zero attached hydrogens (tertiary/aromatic N) is 3. The van der Waals surface area contributed by atoms with Gasteiger partial charge in [0, 0.05) is 19.5 Å². The molecule has 0 radical (unpaired) electrons. The number of carboxylic acid groups (broad SMARTS) is 1. The van der Waals surface area contributed by atoms with Crippen LogP contribution in [0.1, 0.15) is 41.6 Å². The highest BCUT2D eigenvalue weighted by atomic mass is 79.9. The van der Waals surface area contributed by atoms with Crippen LogP contribution in [0.5, 0.6) is 0 Å². The van der Waals surface area contributed by atoms with Crippen molar-refractivity contribution in [2.45, 2.75) is 26.3 Å². The zero-order valence-electron chi connectivity index (χ0n) is 12.0.